The minimum Gasteiger partial charge on any atom is -0.331 e. The van der Waals surface area contributed by atoms with Gasteiger partial charge in [-0.25, -0.2) is 4.98 Å². The third-order valence-corrected chi connectivity index (χ3v) is 4.43. The summed E-state index contributed by atoms with van der Waals surface area (Å²) in [7, 11) is 2.14. The fraction of sp³-hybridized carbons (Fsp3) is 0.562. The van der Waals surface area contributed by atoms with Crippen LogP contribution in [0.2, 0.25) is 0 Å². The minimum absolute atomic E-state index is 0.603. The summed E-state index contributed by atoms with van der Waals surface area (Å²) in [5.41, 5.74) is 5.07. The third kappa shape index (κ3) is 2.39. The molecule has 0 spiro atoms. The van der Waals surface area contributed by atoms with Gasteiger partial charge < -0.3 is 9.88 Å². The summed E-state index contributed by atoms with van der Waals surface area (Å²) in [4.78, 5) is 4.83. The highest BCUT2D eigenvalue weighted by Crippen LogP contribution is 2.21. The molecule has 19 heavy (non-hydrogen) atoms. The van der Waals surface area contributed by atoms with Crippen LogP contribution in [0.4, 0.5) is 0 Å². The lowest BCUT2D eigenvalue weighted by molar-refractivity contribution is 0.392. The molecule has 1 aromatic carbocycles. The van der Waals surface area contributed by atoms with Crippen molar-refractivity contribution in [2.24, 2.45) is 7.05 Å². The van der Waals surface area contributed by atoms with Gasteiger partial charge in [0.15, 0.2) is 0 Å². The van der Waals surface area contributed by atoms with Crippen LogP contribution < -0.4 is 5.32 Å². The number of nitrogens with one attached hydrogen (secondary N) is 1. The molecule has 2 heterocycles. The first-order valence-corrected chi connectivity index (χ1v) is 7.31. The number of fused-ring (bicyclic) bond motifs is 1. The molecule has 0 aliphatic carbocycles. The lowest BCUT2D eigenvalue weighted by atomic mass is 10.0. The Morgan fingerprint density at radius 1 is 1.26 bits per heavy atom. The van der Waals surface area contributed by atoms with Crippen molar-refractivity contribution in [3.63, 3.8) is 0 Å². The fourth-order valence-electron chi connectivity index (χ4n) is 3.00. The Kier molecular flexibility index (Phi) is 3.31. The normalized spacial score (nSPS) is 20.1. The molecule has 1 N–H and O–H groups in total. The maximum Gasteiger partial charge on any atom is 0.111 e. The third-order valence-electron chi connectivity index (χ3n) is 4.43. The van der Waals surface area contributed by atoms with Gasteiger partial charge in [0, 0.05) is 19.5 Å². The molecule has 3 heteroatoms. The molecule has 1 aromatic heterocycles. The molecule has 0 radical (unpaired) electrons. The summed E-state index contributed by atoms with van der Waals surface area (Å²) >= 11 is 0. The second kappa shape index (κ2) is 4.97. The zero-order valence-corrected chi connectivity index (χ0v) is 12.2. The minimum atomic E-state index is 0.603. The number of aromatic nitrogens is 2. The van der Waals surface area contributed by atoms with Crippen molar-refractivity contribution in [2.45, 2.75) is 45.6 Å². The van der Waals surface area contributed by atoms with Gasteiger partial charge in [-0.15, -0.1) is 0 Å². The molecule has 0 saturated carbocycles. The van der Waals surface area contributed by atoms with Crippen LogP contribution in [-0.4, -0.2) is 22.1 Å². The molecule has 102 valence electrons. The summed E-state index contributed by atoms with van der Waals surface area (Å²) in [6, 6.07) is 5.07. The van der Waals surface area contributed by atoms with E-state index in [0.29, 0.717) is 6.04 Å². The van der Waals surface area contributed by atoms with Crippen LogP contribution in [0.1, 0.15) is 36.2 Å². The van der Waals surface area contributed by atoms with Crippen LogP contribution in [0.25, 0.3) is 11.0 Å². The average molecular weight is 257 g/mol. The van der Waals surface area contributed by atoms with Gasteiger partial charge in [-0.3, -0.25) is 0 Å². The molecule has 1 saturated heterocycles. The lowest BCUT2D eigenvalue weighted by Gasteiger charge is -2.23. The van der Waals surface area contributed by atoms with Crippen molar-refractivity contribution in [1.29, 1.82) is 0 Å². The van der Waals surface area contributed by atoms with Gasteiger partial charge in [0.2, 0.25) is 0 Å². The van der Waals surface area contributed by atoms with E-state index in [1.165, 1.54) is 41.7 Å². The molecule has 1 fully saturated rings. The van der Waals surface area contributed by atoms with Crippen molar-refractivity contribution in [3.8, 4) is 0 Å². The smallest absolute Gasteiger partial charge is 0.111 e. The number of imidazole rings is 1. The first kappa shape index (κ1) is 12.7. The Bertz CT molecular complexity index is 592. The molecule has 3 rings (SSSR count). The molecule has 3 nitrogen and oxygen atoms in total. The molecule has 0 bridgehead atoms. The van der Waals surface area contributed by atoms with E-state index in [0.717, 1.165) is 18.5 Å². The van der Waals surface area contributed by atoms with E-state index in [9.17, 15) is 0 Å². The van der Waals surface area contributed by atoms with E-state index >= 15 is 0 Å². The number of piperidine rings is 1. The van der Waals surface area contributed by atoms with Crippen LogP contribution in [0.3, 0.4) is 0 Å². The van der Waals surface area contributed by atoms with E-state index in [1.54, 1.807) is 0 Å². The number of nitrogens with zero attached hydrogens (tertiary/aromatic N) is 2. The number of hydrogen-bond donors (Lipinski definition) is 1. The van der Waals surface area contributed by atoms with Crippen molar-refractivity contribution in [3.05, 3.63) is 29.1 Å². The van der Waals surface area contributed by atoms with Crippen molar-refractivity contribution in [1.82, 2.24) is 14.9 Å². The Labute approximate surface area is 115 Å². The predicted octanol–water partition coefficient (Wildman–Crippen LogP) is 2.87. The topological polar surface area (TPSA) is 29.9 Å². The van der Waals surface area contributed by atoms with Crippen LogP contribution in [0, 0.1) is 13.8 Å². The van der Waals surface area contributed by atoms with Gasteiger partial charge in [0.25, 0.3) is 0 Å². The summed E-state index contributed by atoms with van der Waals surface area (Å²) in [6.45, 7) is 5.49. The lowest BCUT2D eigenvalue weighted by Crippen LogP contribution is -2.36. The zero-order valence-electron chi connectivity index (χ0n) is 12.2. The number of benzene rings is 1. The van der Waals surface area contributed by atoms with Gasteiger partial charge in [0.1, 0.15) is 5.82 Å². The van der Waals surface area contributed by atoms with Crippen molar-refractivity contribution in [2.75, 3.05) is 6.54 Å². The van der Waals surface area contributed by atoms with Crippen molar-refractivity contribution < 1.29 is 0 Å². The van der Waals surface area contributed by atoms with E-state index < -0.39 is 0 Å². The summed E-state index contributed by atoms with van der Waals surface area (Å²) in [6.07, 6.45) is 4.99. The molecule has 1 unspecified atom stereocenters. The highest BCUT2D eigenvalue weighted by atomic mass is 15.1. The van der Waals surface area contributed by atoms with Gasteiger partial charge in [-0.2, -0.15) is 0 Å². The van der Waals surface area contributed by atoms with Crippen LogP contribution in [0.5, 0.6) is 0 Å². The summed E-state index contributed by atoms with van der Waals surface area (Å²) in [5, 5.41) is 3.61. The van der Waals surface area contributed by atoms with Gasteiger partial charge in [-0.1, -0.05) is 6.42 Å². The van der Waals surface area contributed by atoms with Gasteiger partial charge in [-0.05, 0) is 56.5 Å². The Balaban J connectivity index is 1.93. The molecular weight excluding hydrogens is 234 g/mol. The second-order valence-electron chi connectivity index (χ2n) is 5.86. The van der Waals surface area contributed by atoms with E-state index in [-0.39, 0.29) is 0 Å². The van der Waals surface area contributed by atoms with Crippen LogP contribution in [0.15, 0.2) is 12.1 Å². The van der Waals surface area contributed by atoms with Gasteiger partial charge >= 0.3 is 0 Å². The standard InChI is InChI=1S/C16H23N3/c1-11-8-14-15(9-12(11)2)19(3)16(18-14)10-13-6-4-5-7-17-13/h8-9,13,17H,4-7,10H2,1-3H3. The predicted molar refractivity (Wildman–Crippen MR) is 79.5 cm³/mol. The molecule has 1 aliphatic heterocycles. The fourth-order valence-corrected chi connectivity index (χ4v) is 3.00. The van der Waals surface area contributed by atoms with Crippen molar-refractivity contribution >= 4 is 11.0 Å². The second-order valence-corrected chi connectivity index (χ2v) is 5.86. The Morgan fingerprint density at radius 3 is 2.79 bits per heavy atom. The van der Waals surface area contributed by atoms with Gasteiger partial charge in [0.05, 0.1) is 11.0 Å². The average Bonchev–Trinajstić information content (AvgIpc) is 2.69. The molecule has 2 aromatic rings. The maximum atomic E-state index is 4.83. The van der Waals surface area contributed by atoms with E-state index in [2.05, 4.69) is 42.9 Å². The van der Waals surface area contributed by atoms with Crippen LogP contribution in [-0.2, 0) is 13.5 Å². The molecule has 1 atom stereocenters. The summed E-state index contributed by atoms with van der Waals surface area (Å²) in [5.74, 6) is 1.21. The number of aryl methyl sites for hydroxylation is 3. The highest BCUT2D eigenvalue weighted by molar-refractivity contribution is 5.78. The van der Waals surface area contributed by atoms with E-state index in [4.69, 9.17) is 4.98 Å². The molecular formula is C16H23N3. The highest BCUT2D eigenvalue weighted by Gasteiger charge is 2.17. The first-order chi connectivity index (χ1) is 9.15. The number of rotatable bonds is 2. The zero-order chi connectivity index (χ0) is 13.4. The monoisotopic (exact) mass is 257 g/mol. The number of hydrogen-bond acceptors (Lipinski definition) is 2. The SMILES string of the molecule is Cc1cc2nc(CC3CCCCN3)n(C)c2cc1C. The summed E-state index contributed by atoms with van der Waals surface area (Å²) < 4.78 is 2.26. The van der Waals surface area contributed by atoms with E-state index in [1.807, 2.05) is 0 Å². The largest absolute Gasteiger partial charge is 0.331 e. The first-order valence-electron chi connectivity index (χ1n) is 7.31. The maximum absolute atomic E-state index is 4.83. The quantitative estimate of drug-likeness (QED) is 0.896. The van der Waals surface area contributed by atoms with Crippen LogP contribution >= 0.6 is 0 Å². The Hall–Kier alpha value is -1.35. The Morgan fingerprint density at radius 2 is 2.05 bits per heavy atom. The molecule has 1 aliphatic rings. The molecule has 0 amide bonds.